The molecule has 0 bridgehead atoms. The fourth-order valence-electron chi connectivity index (χ4n) is 4.08. The molecule has 168 valence electrons. The van der Waals surface area contributed by atoms with E-state index in [1.807, 2.05) is 18.2 Å². The molecule has 2 unspecified atom stereocenters. The van der Waals surface area contributed by atoms with Gasteiger partial charge >= 0.3 is 0 Å². The van der Waals surface area contributed by atoms with Gasteiger partial charge in [-0.1, -0.05) is 17.3 Å². The molecule has 11 nitrogen and oxygen atoms in total. The van der Waals surface area contributed by atoms with Crippen LogP contribution >= 0.6 is 0 Å². The van der Waals surface area contributed by atoms with Gasteiger partial charge in [0.2, 0.25) is 0 Å². The number of nitrogens with one attached hydrogen (secondary N) is 1. The molecule has 11 heteroatoms. The summed E-state index contributed by atoms with van der Waals surface area (Å²) in [5.41, 5.74) is 1.01. The van der Waals surface area contributed by atoms with E-state index in [9.17, 15) is 14.7 Å². The predicted octanol–water partition coefficient (Wildman–Crippen LogP) is -0.148. The zero-order valence-electron chi connectivity index (χ0n) is 17.7. The van der Waals surface area contributed by atoms with E-state index >= 15 is 0 Å². The summed E-state index contributed by atoms with van der Waals surface area (Å²) in [6.45, 7) is 4.67. The first-order valence-corrected chi connectivity index (χ1v) is 10.7. The van der Waals surface area contributed by atoms with Gasteiger partial charge < -0.3 is 19.7 Å². The van der Waals surface area contributed by atoms with Crippen LogP contribution in [0, 0.1) is 0 Å². The summed E-state index contributed by atoms with van der Waals surface area (Å²) in [7, 11) is 0. The second-order valence-corrected chi connectivity index (χ2v) is 8.32. The topological polar surface area (TPSA) is 129 Å². The quantitative estimate of drug-likeness (QED) is 0.562. The maximum Gasteiger partial charge on any atom is 0.258 e. The van der Waals surface area contributed by atoms with E-state index in [1.165, 1.54) is 0 Å². The van der Waals surface area contributed by atoms with Gasteiger partial charge in [0.1, 0.15) is 17.6 Å². The lowest BCUT2D eigenvalue weighted by Crippen LogP contribution is -2.57. The van der Waals surface area contributed by atoms with E-state index in [1.54, 1.807) is 28.8 Å². The number of aliphatic hydroxyl groups excluding tert-OH is 1. The van der Waals surface area contributed by atoms with Crippen LogP contribution in [-0.2, 0) is 16.1 Å². The molecule has 2 aromatic heterocycles. The van der Waals surface area contributed by atoms with E-state index < -0.39 is 12.2 Å². The minimum absolute atomic E-state index is 0.0468. The van der Waals surface area contributed by atoms with Gasteiger partial charge in [-0.3, -0.25) is 14.5 Å². The molecule has 1 aromatic carbocycles. The van der Waals surface area contributed by atoms with E-state index in [-0.39, 0.29) is 17.5 Å². The third-order valence-electron chi connectivity index (χ3n) is 5.97. The molecule has 0 spiro atoms. The number of likely N-dealkylation sites (tertiary alicyclic amines) is 1. The lowest BCUT2D eigenvalue weighted by atomic mass is 10.1. The van der Waals surface area contributed by atoms with Gasteiger partial charge in [-0.25, -0.2) is 9.67 Å². The third-order valence-corrected chi connectivity index (χ3v) is 5.97. The van der Waals surface area contributed by atoms with Crippen molar-refractivity contribution in [1.29, 1.82) is 0 Å². The number of rotatable bonds is 5. The summed E-state index contributed by atoms with van der Waals surface area (Å²) < 4.78 is 7.44. The number of nitrogens with zero attached hydrogens (tertiary/aromatic N) is 6. The molecule has 0 saturated carbocycles. The number of hydrogen-bond acceptors (Lipinski definition) is 8. The maximum absolute atomic E-state index is 12.9. The highest BCUT2D eigenvalue weighted by molar-refractivity contribution is 5.82. The number of carbonyl (C=O) groups excluding carboxylic acids is 1. The van der Waals surface area contributed by atoms with Crippen molar-refractivity contribution in [2.75, 3.05) is 32.8 Å². The van der Waals surface area contributed by atoms with Crippen molar-refractivity contribution < 1.29 is 14.6 Å². The fraction of sp³-hybridized carbons (Fsp3) is 0.476. The number of H-pyrrole nitrogens is 1. The molecule has 2 aliphatic rings. The first-order chi connectivity index (χ1) is 15.5. The smallest absolute Gasteiger partial charge is 0.258 e. The highest BCUT2D eigenvalue weighted by Gasteiger charge is 2.38. The predicted molar refractivity (Wildman–Crippen MR) is 114 cm³/mol. The van der Waals surface area contributed by atoms with Crippen molar-refractivity contribution in [2.45, 2.75) is 31.7 Å². The Morgan fingerprint density at radius 1 is 1.31 bits per heavy atom. The lowest BCUT2D eigenvalue weighted by Gasteiger charge is -2.42. The second kappa shape index (κ2) is 8.41. The monoisotopic (exact) mass is 439 g/mol. The maximum atomic E-state index is 12.9. The summed E-state index contributed by atoms with van der Waals surface area (Å²) in [5, 5.41) is 18.2. The Bertz CT molecular complexity index is 1180. The Morgan fingerprint density at radius 2 is 2.12 bits per heavy atom. The average Bonchev–Trinajstić information content (AvgIpc) is 3.23. The summed E-state index contributed by atoms with van der Waals surface area (Å²) in [5.74, 6) is 0.521. The van der Waals surface area contributed by atoms with Crippen LogP contribution in [0.1, 0.15) is 30.6 Å². The van der Waals surface area contributed by atoms with Crippen molar-refractivity contribution in [3.63, 3.8) is 0 Å². The fourth-order valence-corrected chi connectivity index (χ4v) is 4.08. The molecule has 2 fully saturated rings. The number of hydrogen-bond donors (Lipinski definition) is 2. The molecule has 2 atom stereocenters. The van der Waals surface area contributed by atoms with E-state index in [0.717, 1.165) is 0 Å². The van der Waals surface area contributed by atoms with Crippen molar-refractivity contribution >= 4 is 16.8 Å². The van der Waals surface area contributed by atoms with Gasteiger partial charge in [0.15, 0.2) is 0 Å². The normalized spacial score (nSPS) is 20.9. The van der Waals surface area contributed by atoms with E-state index in [0.29, 0.717) is 61.8 Å². The second-order valence-electron chi connectivity index (χ2n) is 8.32. The minimum atomic E-state index is -0.671. The summed E-state index contributed by atoms with van der Waals surface area (Å²) >= 11 is 0. The first kappa shape index (κ1) is 20.7. The Balaban J connectivity index is 1.19. The number of benzene rings is 1. The molecule has 0 radical (unpaired) electrons. The minimum Gasteiger partial charge on any atom is -0.387 e. The summed E-state index contributed by atoms with van der Waals surface area (Å²) in [4.78, 5) is 36.4. The molecule has 2 N–H and O–H groups in total. The molecule has 1 amide bonds. The highest BCUT2D eigenvalue weighted by atomic mass is 16.5. The number of ether oxygens (including phenoxy) is 1. The SMILES string of the molecule is CC(O)c1cn(C2CN(C(=O)C3CN(Cc4nc5ccccc5c(=O)[nH]4)CCO3)C2)nn1. The van der Waals surface area contributed by atoms with Crippen molar-refractivity contribution in [3.05, 3.63) is 52.3 Å². The van der Waals surface area contributed by atoms with Gasteiger partial charge in [0.25, 0.3) is 11.5 Å². The largest absolute Gasteiger partial charge is 0.387 e. The van der Waals surface area contributed by atoms with Crippen LogP contribution in [0.4, 0.5) is 0 Å². The Labute approximate surface area is 183 Å². The van der Waals surface area contributed by atoms with Crippen molar-refractivity contribution in [3.8, 4) is 0 Å². The molecule has 5 rings (SSSR count). The van der Waals surface area contributed by atoms with Crippen molar-refractivity contribution in [1.82, 2.24) is 34.8 Å². The zero-order valence-corrected chi connectivity index (χ0v) is 17.7. The van der Waals surface area contributed by atoms with Crippen LogP contribution in [0.25, 0.3) is 10.9 Å². The van der Waals surface area contributed by atoms with Crippen LogP contribution in [0.3, 0.4) is 0 Å². The van der Waals surface area contributed by atoms with Crippen LogP contribution in [-0.4, -0.2) is 84.7 Å². The number of morpholine rings is 1. The highest BCUT2D eigenvalue weighted by Crippen LogP contribution is 2.23. The van der Waals surface area contributed by atoms with Crippen LogP contribution in [0.15, 0.2) is 35.3 Å². The lowest BCUT2D eigenvalue weighted by molar-refractivity contribution is -0.155. The molecule has 32 heavy (non-hydrogen) atoms. The molecule has 2 aliphatic heterocycles. The molecular formula is C21H25N7O4. The number of carbonyl (C=O) groups is 1. The zero-order chi connectivity index (χ0) is 22.2. The summed E-state index contributed by atoms with van der Waals surface area (Å²) in [6, 6.07) is 7.28. The van der Waals surface area contributed by atoms with Gasteiger partial charge in [0.05, 0.1) is 42.4 Å². The number of fused-ring (bicyclic) bond motifs is 1. The van der Waals surface area contributed by atoms with Gasteiger partial charge in [-0.15, -0.1) is 5.10 Å². The van der Waals surface area contributed by atoms with E-state index in [2.05, 4.69) is 25.2 Å². The summed E-state index contributed by atoms with van der Waals surface area (Å²) in [6.07, 6.45) is 0.490. The number of para-hydroxylation sites is 1. The Hall–Kier alpha value is -3.15. The van der Waals surface area contributed by atoms with Crippen LogP contribution in [0.5, 0.6) is 0 Å². The Morgan fingerprint density at radius 3 is 2.91 bits per heavy atom. The first-order valence-electron chi connectivity index (χ1n) is 10.7. The van der Waals surface area contributed by atoms with Gasteiger partial charge in [0, 0.05) is 26.2 Å². The van der Waals surface area contributed by atoms with Gasteiger partial charge in [-0.05, 0) is 19.1 Å². The molecule has 0 aliphatic carbocycles. The molecule has 2 saturated heterocycles. The standard InChI is InChI=1S/C21H25N7O4/c1-13(29)17-10-28(25-24-17)14-8-27(9-14)21(31)18-11-26(6-7-32-18)12-19-22-16-5-3-2-4-15(16)20(30)23-19/h2-5,10,13-14,18,29H,6-9,11-12H2,1H3,(H,22,23,30). The molecular weight excluding hydrogens is 414 g/mol. The average molecular weight is 439 g/mol. The van der Waals surface area contributed by atoms with Gasteiger partial charge in [-0.2, -0.15) is 0 Å². The Kier molecular flexibility index (Phi) is 5.45. The molecule has 3 aromatic rings. The van der Waals surface area contributed by atoms with Crippen molar-refractivity contribution in [2.24, 2.45) is 0 Å². The van der Waals surface area contributed by atoms with Crippen LogP contribution in [0.2, 0.25) is 0 Å². The number of aromatic amines is 1. The number of aliphatic hydroxyl groups is 1. The van der Waals surface area contributed by atoms with Crippen LogP contribution < -0.4 is 5.56 Å². The van der Waals surface area contributed by atoms with E-state index in [4.69, 9.17) is 4.74 Å². The molecule has 4 heterocycles. The number of aromatic nitrogens is 5. The number of amides is 1. The third kappa shape index (κ3) is 4.01.